The molecule has 2 nitrogen and oxygen atoms in total. The van der Waals surface area contributed by atoms with Gasteiger partial charge in [-0.2, -0.15) is 0 Å². The Labute approximate surface area is 111 Å². The smallest absolute Gasteiger partial charge is 0.148 e. The second-order valence-electron chi connectivity index (χ2n) is 4.40. The van der Waals surface area contributed by atoms with Crippen molar-refractivity contribution >= 4 is 22.7 Å². The van der Waals surface area contributed by atoms with Crippen LogP contribution in [-0.4, -0.2) is 13.6 Å². The first-order chi connectivity index (χ1) is 8.58. The monoisotopic (exact) mass is 264 g/mol. The van der Waals surface area contributed by atoms with Crippen molar-refractivity contribution in [3.05, 3.63) is 45.9 Å². The van der Waals surface area contributed by atoms with E-state index in [0.29, 0.717) is 0 Å². The van der Waals surface area contributed by atoms with E-state index in [-0.39, 0.29) is 11.5 Å². The Bertz CT molecular complexity index is 536. The van der Waals surface area contributed by atoms with Gasteiger partial charge < -0.3 is 10.6 Å². The van der Waals surface area contributed by atoms with E-state index in [9.17, 15) is 4.39 Å². The van der Waals surface area contributed by atoms with Crippen molar-refractivity contribution in [1.29, 1.82) is 0 Å². The van der Waals surface area contributed by atoms with Gasteiger partial charge in [-0.1, -0.05) is 0 Å². The van der Waals surface area contributed by atoms with Crippen molar-refractivity contribution in [2.75, 3.05) is 24.2 Å². The number of nitrogens with zero attached hydrogens (tertiary/aromatic N) is 1. The van der Waals surface area contributed by atoms with Crippen LogP contribution in [0.3, 0.4) is 0 Å². The highest BCUT2D eigenvalue weighted by Crippen LogP contribution is 2.21. The van der Waals surface area contributed by atoms with Crippen molar-refractivity contribution in [2.24, 2.45) is 0 Å². The van der Waals surface area contributed by atoms with Gasteiger partial charge in [-0.05, 0) is 48.6 Å². The van der Waals surface area contributed by atoms with Crippen molar-refractivity contribution < 1.29 is 4.39 Å². The molecule has 2 rings (SSSR count). The normalized spacial score (nSPS) is 10.6. The Morgan fingerprint density at radius 1 is 1.33 bits per heavy atom. The van der Waals surface area contributed by atoms with E-state index in [1.165, 1.54) is 16.5 Å². The largest absolute Gasteiger partial charge is 0.396 e. The summed E-state index contributed by atoms with van der Waals surface area (Å²) in [5.74, 6) is -0.355. The van der Waals surface area contributed by atoms with Crippen LogP contribution in [0.5, 0.6) is 0 Å². The van der Waals surface area contributed by atoms with E-state index in [1.807, 2.05) is 18.0 Å². The number of hydrogen-bond acceptors (Lipinski definition) is 3. The molecule has 0 unspecified atom stereocenters. The molecule has 0 fully saturated rings. The fourth-order valence-corrected chi connectivity index (χ4v) is 2.71. The number of nitrogens with two attached hydrogens (primary N) is 1. The second-order valence-corrected chi connectivity index (χ2v) is 5.40. The minimum Gasteiger partial charge on any atom is -0.396 e. The minimum atomic E-state index is -0.355. The Balaban J connectivity index is 2.01. The van der Waals surface area contributed by atoms with Gasteiger partial charge in [0.2, 0.25) is 0 Å². The SMILES string of the molecule is Cc1ccsc1CCN(C)c1ccc(N)c(F)c1. The second kappa shape index (κ2) is 5.40. The summed E-state index contributed by atoms with van der Waals surface area (Å²) in [6, 6.07) is 7.07. The summed E-state index contributed by atoms with van der Waals surface area (Å²) in [5, 5.41) is 2.10. The number of hydrogen-bond donors (Lipinski definition) is 1. The molecule has 0 amide bonds. The molecule has 0 spiro atoms. The first kappa shape index (κ1) is 12.9. The van der Waals surface area contributed by atoms with Crippen molar-refractivity contribution in [3.8, 4) is 0 Å². The number of thiophene rings is 1. The van der Waals surface area contributed by atoms with Gasteiger partial charge in [0.15, 0.2) is 0 Å². The lowest BCUT2D eigenvalue weighted by atomic mass is 10.2. The average molecular weight is 264 g/mol. The van der Waals surface area contributed by atoms with Crippen molar-refractivity contribution in [2.45, 2.75) is 13.3 Å². The molecule has 4 heteroatoms. The quantitative estimate of drug-likeness (QED) is 0.857. The Morgan fingerprint density at radius 3 is 2.72 bits per heavy atom. The predicted molar refractivity (Wildman–Crippen MR) is 76.8 cm³/mol. The third-order valence-corrected chi connectivity index (χ3v) is 4.15. The van der Waals surface area contributed by atoms with Crippen LogP contribution in [0.15, 0.2) is 29.6 Å². The average Bonchev–Trinajstić information content (AvgIpc) is 2.75. The lowest BCUT2D eigenvalue weighted by molar-refractivity contribution is 0.632. The van der Waals surface area contributed by atoms with Crippen LogP contribution >= 0.6 is 11.3 Å². The maximum Gasteiger partial charge on any atom is 0.148 e. The highest BCUT2D eigenvalue weighted by molar-refractivity contribution is 7.10. The molecule has 2 aromatic rings. The summed E-state index contributed by atoms with van der Waals surface area (Å²) < 4.78 is 13.4. The summed E-state index contributed by atoms with van der Waals surface area (Å²) >= 11 is 1.77. The number of halogens is 1. The summed E-state index contributed by atoms with van der Waals surface area (Å²) in [7, 11) is 1.97. The van der Waals surface area contributed by atoms with Gasteiger partial charge in [0, 0.05) is 24.2 Å². The number of anilines is 2. The number of rotatable bonds is 4. The standard InChI is InChI=1S/C14H17FN2S/c1-10-6-8-18-14(10)5-7-17(2)11-3-4-13(16)12(15)9-11/h3-4,6,8-9H,5,7,16H2,1-2H3. The van der Waals surface area contributed by atoms with E-state index < -0.39 is 0 Å². The molecule has 0 bridgehead atoms. The summed E-state index contributed by atoms with van der Waals surface area (Å²) in [4.78, 5) is 3.43. The van der Waals surface area contributed by atoms with Crippen LogP contribution in [-0.2, 0) is 6.42 Å². The summed E-state index contributed by atoms with van der Waals surface area (Å²) in [6.07, 6.45) is 0.978. The Morgan fingerprint density at radius 2 is 2.11 bits per heavy atom. The zero-order valence-electron chi connectivity index (χ0n) is 10.6. The van der Waals surface area contributed by atoms with Crippen molar-refractivity contribution in [3.63, 3.8) is 0 Å². The van der Waals surface area contributed by atoms with Gasteiger partial charge in [0.1, 0.15) is 5.82 Å². The highest BCUT2D eigenvalue weighted by atomic mass is 32.1. The molecule has 1 aromatic carbocycles. The molecule has 0 radical (unpaired) electrons. The van der Waals surface area contributed by atoms with E-state index >= 15 is 0 Å². The third-order valence-electron chi connectivity index (χ3n) is 3.07. The van der Waals surface area contributed by atoms with E-state index in [1.54, 1.807) is 17.4 Å². The maximum atomic E-state index is 13.4. The first-order valence-electron chi connectivity index (χ1n) is 5.87. The van der Waals surface area contributed by atoms with E-state index in [2.05, 4.69) is 18.4 Å². The van der Waals surface area contributed by atoms with Crippen molar-refractivity contribution in [1.82, 2.24) is 0 Å². The fourth-order valence-electron chi connectivity index (χ4n) is 1.81. The van der Waals surface area contributed by atoms with Crippen LogP contribution in [0.1, 0.15) is 10.4 Å². The lowest BCUT2D eigenvalue weighted by Crippen LogP contribution is -2.20. The number of likely N-dealkylation sites (N-methyl/N-ethyl adjacent to an activating group) is 1. The van der Waals surface area contributed by atoms with Crippen LogP contribution in [0, 0.1) is 12.7 Å². The fraction of sp³-hybridized carbons (Fsp3) is 0.286. The zero-order valence-corrected chi connectivity index (χ0v) is 11.4. The topological polar surface area (TPSA) is 29.3 Å². The Hall–Kier alpha value is -1.55. The van der Waals surface area contributed by atoms with Gasteiger partial charge in [-0.3, -0.25) is 0 Å². The molecular formula is C14H17FN2S. The van der Waals surface area contributed by atoms with Gasteiger partial charge in [0.25, 0.3) is 0 Å². The maximum absolute atomic E-state index is 13.4. The van der Waals surface area contributed by atoms with Crippen LogP contribution in [0.2, 0.25) is 0 Å². The molecular weight excluding hydrogens is 247 g/mol. The van der Waals surface area contributed by atoms with Crippen LogP contribution in [0.4, 0.5) is 15.8 Å². The van der Waals surface area contributed by atoms with Gasteiger partial charge in [-0.15, -0.1) is 11.3 Å². The molecule has 0 atom stereocenters. The molecule has 1 heterocycles. The predicted octanol–water partition coefficient (Wildman–Crippen LogP) is 3.46. The number of benzene rings is 1. The molecule has 96 valence electrons. The summed E-state index contributed by atoms with van der Waals surface area (Å²) in [6.45, 7) is 2.99. The van der Waals surface area contributed by atoms with E-state index in [0.717, 1.165) is 18.7 Å². The molecule has 0 saturated heterocycles. The van der Waals surface area contributed by atoms with Gasteiger partial charge in [0.05, 0.1) is 5.69 Å². The highest BCUT2D eigenvalue weighted by Gasteiger charge is 2.06. The third kappa shape index (κ3) is 2.82. The van der Waals surface area contributed by atoms with Crippen LogP contribution < -0.4 is 10.6 Å². The molecule has 1 aromatic heterocycles. The molecule has 18 heavy (non-hydrogen) atoms. The molecule has 0 saturated carbocycles. The molecule has 0 aliphatic heterocycles. The zero-order chi connectivity index (χ0) is 13.1. The Kier molecular flexibility index (Phi) is 3.87. The number of aryl methyl sites for hydroxylation is 1. The van der Waals surface area contributed by atoms with E-state index in [4.69, 9.17) is 5.73 Å². The molecule has 2 N–H and O–H groups in total. The van der Waals surface area contributed by atoms with Crippen LogP contribution in [0.25, 0.3) is 0 Å². The lowest BCUT2D eigenvalue weighted by Gasteiger charge is -2.19. The summed E-state index contributed by atoms with van der Waals surface area (Å²) in [5.41, 5.74) is 7.85. The van der Waals surface area contributed by atoms with Gasteiger partial charge in [-0.25, -0.2) is 4.39 Å². The minimum absolute atomic E-state index is 0.196. The first-order valence-corrected chi connectivity index (χ1v) is 6.75. The van der Waals surface area contributed by atoms with Gasteiger partial charge >= 0.3 is 0 Å². The molecule has 0 aliphatic rings. The molecule has 0 aliphatic carbocycles. The number of nitrogen functional groups attached to an aromatic ring is 1.